The minimum atomic E-state index is -0.831. The molecule has 0 aliphatic carbocycles. The number of hydrogen-bond donors (Lipinski definition) is 1. The number of H-pyrrole nitrogens is 1. The Morgan fingerprint density at radius 3 is 2.71 bits per heavy atom. The van der Waals surface area contributed by atoms with Gasteiger partial charge in [0, 0.05) is 12.0 Å². The van der Waals surface area contributed by atoms with Crippen molar-refractivity contribution in [3.8, 4) is 29.0 Å². The molecule has 1 aliphatic rings. The van der Waals surface area contributed by atoms with Crippen molar-refractivity contribution in [3.05, 3.63) is 71.4 Å². The molecular weight excluding hydrogens is 496 g/mol. The Bertz CT molecular complexity index is 1240. The minimum absolute atomic E-state index is 0.338. The van der Waals surface area contributed by atoms with Crippen LogP contribution in [0.4, 0.5) is 0 Å². The number of hydrogen-bond acceptors (Lipinski definition) is 6. The number of nitriles is 1. The van der Waals surface area contributed by atoms with Gasteiger partial charge in [-0.1, -0.05) is 6.07 Å². The third-order valence-electron chi connectivity index (χ3n) is 4.07. The number of benzene rings is 2. The third-order valence-corrected chi connectivity index (χ3v) is 5.25. The van der Waals surface area contributed by atoms with E-state index in [2.05, 4.69) is 41.9 Å². The monoisotopic (exact) mass is 504 g/mol. The van der Waals surface area contributed by atoms with Crippen LogP contribution in [-0.2, 0) is 6.42 Å². The molecule has 0 fully saturated rings. The molecule has 1 aromatic heterocycles. The van der Waals surface area contributed by atoms with Crippen LogP contribution < -0.4 is 20.7 Å². The zero-order valence-electron chi connectivity index (χ0n) is 14.0. The minimum Gasteiger partial charge on any atom is -0.493 e. The average Bonchev–Trinajstić information content (AvgIpc) is 3.14. The quantitative estimate of drug-likeness (QED) is 0.585. The SMILES string of the molecule is N#Cc1nn(-c2cc(Br)c(Oc3cccc4c3CCO4)c(Br)c2)c(=O)[nH]c1=O. The maximum absolute atomic E-state index is 12.1. The van der Waals surface area contributed by atoms with E-state index in [9.17, 15) is 9.59 Å². The Hall–Kier alpha value is -2.90. The highest BCUT2D eigenvalue weighted by Gasteiger charge is 2.20. The van der Waals surface area contributed by atoms with Gasteiger partial charge in [0.05, 0.1) is 21.2 Å². The van der Waals surface area contributed by atoms with Crippen LogP contribution in [0, 0.1) is 11.3 Å². The lowest BCUT2D eigenvalue weighted by molar-refractivity contribution is 0.357. The topological polar surface area (TPSA) is 110 Å². The average molecular weight is 506 g/mol. The number of aromatic amines is 1. The predicted molar refractivity (Wildman–Crippen MR) is 106 cm³/mol. The number of nitrogens with one attached hydrogen (secondary N) is 1. The van der Waals surface area contributed by atoms with Crippen LogP contribution in [0.1, 0.15) is 11.3 Å². The fourth-order valence-electron chi connectivity index (χ4n) is 2.81. The number of rotatable bonds is 3. The summed E-state index contributed by atoms with van der Waals surface area (Å²) in [5, 5.41) is 12.8. The summed E-state index contributed by atoms with van der Waals surface area (Å²) in [5.41, 5.74) is -0.670. The highest BCUT2D eigenvalue weighted by Crippen LogP contribution is 2.42. The van der Waals surface area contributed by atoms with Crippen LogP contribution in [0.5, 0.6) is 17.2 Å². The predicted octanol–water partition coefficient (Wildman–Crippen LogP) is 3.04. The standard InChI is InChI=1S/C18H10Br2N4O4/c19-11-6-9(24-18(26)22-17(25)13(8-21)23-24)7-12(20)16(11)28-15-3-1-2-14-10(15)4-5-27-14/h1-3,6-7H,4-5H2,(H,22,25,26). The highest BCUT2D eigenvalue weighted by molar-refractivity contribution is 9.11. The normalized spacial score (nSPS) is 12.2. The van der Waals surface area contributed by atoms with Crippen LogP contribution in [0.2, 0.25) is 0 Å². The zero-order chi connectivity index (χ0) is 19.8. The van der Waals surface area contributed by atoms with E-state index in [0.717, 1.165) is 22.4 Å². The third kappa shape index (κ3) is 3.23. The molecule has 0 amide bonds. The molecule has 140 valence electrons. The molecule has 0 unspecified atom stereocenters. The first-order valence-corrected chi connectivity index (χ1v) is 9.62. The van der Waals surface area contributed by atoms with E-state index < -0.39 is 16.9 Å². The van der Waals surface area contributed by atoms with E-state index in [4.69, 9.17) is 14.7 Å². The number of halogens is 2. The first-order chi connectivity index (χ1) is 13.5. The molecule has 3 aromatic rings. The van der Waals surface area contributed by atoms with E-state index >= 15 is 0 Å². The van der Waals surface area contributed by atoms with Crippen LogP contribution in [0.25, 0.3) is 5.69 Å². The lowest BCUT2D eigenvalue weighted by atomic mass is 10.1. The molecule has 0 radical (unpaired) electrons. The van der Waals surface area contributed by atoms with Gasteiger partial charge >= 0.3 is 5.69 Å². The maximum atomic E-state index is 12.1. The molecule has 10 heteroatoms. The van der Waals surface area contributed by atoms with Crippen molar-refractivity contribution in [2.45, 2.75) is 6.42 Å². The van der Waals surface area contributed by atoms with Crippen LogP contribution in [-0.4, -0.2) is 21.4 Å². The lowest BCUT2D eigenvalue weighted by Crippen LogP contribution is -2.33. The Morgan fingerprint density at radius 2 is 2.00 bits per heavy atom. The Morgan fingerprint density at radius 1 is 1.25 bits per heavy atom. The van der Waals surface area contributed by atoms with Crippen molar-refractivity contribution < 1.29 is 9.47 Å². The van der Waals surface area contributed by atoms with Crippen molar-refractivity contribution in [2.24, 2.45) is 0 Å². The van der Waals surface area contributed by atoms with Gasteiger partial charge in [-0.15, -0.1) is 5.10 Å². The largest absolute Gasteiger partial charge is 0.493 e. The van der Waals surface area contributed by atoms with Crippen molar-refractivity contribution in [3.63, 3.8) is 0 Å². The number of fused-ring (bicyclic) bond motifs is 1. The van der Waals surface area contributed by atoms with Crippen molar-refractivity contribution in [2.75, 3.05) is 6.61 Å². The van der Waals surface area contributed by atoms with E-state index in [1.165, 1.54) is 0 Å². The van der Waals surface area contributed by atoms with E-state index in [1.807, 2.05) is 18.2 Å². The van der Waals surface area contributed by atoms with Gasteiger partial charge in [-0.3, -0.25) is 9.78 Å². The van der Waals surface area contributed by atoms with Gasteiger partial charge in [-0.25, -0.2) is 4.79 Å². The molecule has 0 atom stereocenters. The molecule has 1 aliphatic heterocycles. The molecule has 2 aromatic carbocycles. The van der Waals surface area contributed by atoms with Gasteiger partial charge in [-0.05, 0) is 56.1 Å². The second kappa shape index (κ2) is 7.26. The van der Waals surface area contributed by atoms with E-state index in [0.29, 0.717) is 32.7 Å². The number of nitrogens with zero attached hydrogens (tertiary/aromatic N) is 3. The summed E-state index contributed by atoms with van der Waals surface area (Å²) in [6, 6.07) is 10.5. The van der Waals surface area contributed by atoms with E-state index in [1.54, 1.807) is 18.2 Å². The van der Waals surface area contributed by atoms with Crippen LogP contribution >= 0.6 is 31.9 Å². The summed E-state index contributed by atoms with van der Waals surface area (Å²) in [5.74, 6) is 1.98. The highest BCUT2D eigenvalue weighted by atomic mass is 79.9. The molecule has 4 rings (SSSR count). The van der Waals surface area contributed by atoms with Gasteiger partial charge in [0.15, 0.2) is 5.75 Å². The van der Waals surface area contributed by atoms with Gasteiger partial charge in [0.1, 0.15) is 17.6 Å². The van der Waals surface area contributed by atoms with Crippen molar-refractivity contribution >= 4 is 31.9 Å². The first-order valence-electron chi connectivity index (χ1n) is 8.03. The molecule has 0 saturated heterocycles. The molecule has 0 bridgehead atoms. The van der Waals surface area contributed by atoms with Crippen LogP contribution in [0.3, 0.4) is 0 Å². The smallest absolute Gasteiger partial charge is 0.349 e. The van der Waals surface area contributed by atoms with Gasteiger partial charge in [-0.2, -0.15) is 9.94 Å². The molecule has 2 heterocycles. The maximum Gasteiger partial charge on any atom is 0.349 e. The molecule has 28 heavy (non-hydrogen) atoms. The molecule has 1 N–H and O–H groups in total. The van der Waals surface area contributed by atoms with E-state index in [-0.39, 0.29) is 0 Å². The Balaban J connectivity index is 1.77. The summed E-state index contributed by atoms with van der Waals surface area (Å²) < 4.78 is 13.7. The molecule has 8 nitrogen and oxygen atoms in total. The fraction of sp³-hybridized carbons (Fsp3) is 0.111. The zero-order valence-corrected chi connectivity index (χ0v) is 17.2. The van der Waals surface area contributed by atoms with Crippen molar-refractivity contribution in [1.82, 2.24) is 14.8 Å². The molecule has 0 saturated carbocycles. The summed E-state index contributed by atoms with van der Waals surface area (Å²) >= 11 is 6.88. The molecular formula is C18H10Br2N4O4. The van der Waals surface area contributed by atoms with Gasteiger partial charge < -0.3 is 9.47 Å². The summed E-state index contributed by atoms with van der Waals surface area (Å²) in [7, 11) is 0. The Kier molecular flexibility index (Phi) is 4.78. The molecule has 0 spiro atoms. The second-order valence-electron chi connectivity index (χ2n) is 5.80. The Labute approximate surface area is 174 Å². The summed E-state index contributed by atoms with van der Waals surface area (Å²) in [6.45, 7) is 0.610. The van der Waals surface area contributed by atoms with Gasteiger partial charge in [0.25, 0.3) is 5.56 Å². The summed E-state index contributed by atoms with van der Waals surface area (Å²) in [6.07, 6.45) is 0.756. The van der Waals surface area contributed by atoms with Gasteiger partial charge in [0.2, 0.25) is 5.69 Å². The second-order valence-corrected chi connectivity index (χ2v) is 7.51. The van der Waals surface area contributed by atoms with Crippen molar-refractivity contribution in [1.29, 1.82) is 5.26 Å². The fourth-order valence-corrected chi connectivity index (χ4v) is 4.13. The van der Waals surface area contributed by atoms with Crippen LogP contribution in [0.15, 0.2) is 48.9 Å². The lowest BCUT2D eigenvalue weighted by Gasteiger charge is -2.14. The summed E-state index contributed by atoms with van der Waals surface area (Å²) in [4.78, 5) is 25.7. The first kappa shape index (κ1) is 18.5. The number of aromatic nitrogens is 3. The number of ether oxygens (including phenoxy) is 2.